The lowest BCUT2D eigenvalue weighted by Crippen LogP contribution is -1.82. The molecule has 5 heteroatoms. The Morgan fingerprint density at radius 3 is 2.79 bits per heavy atom. The SMILES string of the molecule is Nc1cc(-c2cc(Br)ccc2F)on1. The first-order chi connectivity index (χ1) is 6.66. The Kier molecular flexibility index (Phi) is 2.25. The molecule has 0 atom stereocenters. The minimum atomic E-state index is -0.371. The number of benzene rings is 1. The van der Waals surface area contributed by atoms with Gasteiger partial charge in [0.25, 0.3) is 0 Å². The topological polar surface area (TPSA) is 52.0 Å². The molecule has 0 spiro atoms. The van der Waals surface area contributed by atoms with Gasteiger partial charge in [-0.2, -0.15) is 0 Å². The van der Waals surface area contributed by atoms with Gasteiger partial charge in [0.2, 0.25) is 0 Å². The number of nitrogens with zero attached hydrogens (tertiary/aromatic N) is 1. The van der Waals surface area contributed by atoms with Crippen molar-refractivity contribution in [1.29, 1.82) is 0 Å². The summed E-state index contributed by atoms with van der Waals surface area (Å²) in [6.45, 7) is 0. The van der Waals surface area contributed by atoms with Gasteiger partial charge in [-0.15, -0.1) is 0 Å². The molecule has 72 valence electrons. The van der Waals surface area contributed by atoms with E-state index in [-0.39, 0.29) is 11.6 Å². The molecule has 1 aromatic carbocycles. The van der Waals surface area contributed by atoms with E-state index in [2.05, 4.69) is 21.1 Å². The summed E-state index contributed by atoms with van der Waals surface area (Å²) in [5, 5.41) is 3.48. The van der Waals surface area contributed by atoms with Crippen LogP contribution in [0.5, 0.6) is 0 Å². The van der Waals surface area contributed by atoms with Crippen LogP contribution in [0.2, 0.25) is 0 Å². The lowest BCUT2D eigenvalue weighted by molar-refractivity contribution is 0.433. The maximum Gasteiger partial charge on any atom is 0.172 e. The van der Waals surface area contributed by atoms with E-state index in [1.54, 1.807) is 12.1 Å². The van der Waals surface area contributed by atoms with Gasteiger partial charge in [-0.1, -0.05) is 21.1 Å². The number of hydrogen-bond acceptors (Lipinski definition) is 3. The van der Waals surface area contributed by atoms with Crippen LogP contribution in [-0.2, 0) is 0 Å². The normalized spacial score (nSPS) is 10.4. The molecule has 0 saturated carbocycles. The summed E-state index contributed by atoms with van der Waals surface area (Å²) in [5.41, 5.74) is 5.70. The molecule has 0 fully saturated rings. The second kappa shape index (κ2) is 3.42. The van der Waals surface area contributed by atoms with Crippen LogP contribution < -0.4 is 5.73 Å². The van der Waals surface area contributed by atoms with Gasteiger partial charge in [0.1, 0.15) is 5.82 Å². The molecule has 0 radical (unpaired) electrons. The molecule has 2 rings (SSSR count). The molecule has 14 heavy (non-hydrogen) atoms. The van der Waals surface area contributed by atoms with Crippen LogP contribution in [0.15, 0.2) is 33.3 Å². The zero-order valence-electron chi connectivity index (χ0n) is 7.00. The largest absolute Gasteiger partial charge is 0.381 e. The lowest BCUT2D eigenvalue weighted by Gasteiger charge is -1.98. The van der Waals surface area contributed by atoms with E-state index in [0.29, 0.717) is 11.3 Å². The predicted molar refractivity (Wildman–Crippen MR) is 54.0 cm³/mol. The number of nitrogen functional groups attached to an aromatic ring is 1. The molecule has 0 bridgehead atoms. The predicted octanol–water partition coefficient (Wildman–Crippen LogP) is 2.83. The fraction of sp³-hybridized carbons (Fsp3) is 0. The van der Waals surface area contributed by atoms with Gasteiger partial charge in [0.15, 0.2) is 11.6 Å². The van der Waals surface area contributed by atoms with Crippen molar-refractivity contribution in [1.82, 2.24) is 5.16 Å². The molecular formula is C9H6BrFN2O. The molecule has 0 unspecified atom stereocenters. The van der Waals surface area contributed by atoms with Crippen LogP contribution in [0.1, 0.15) is 0 Å². The maximum absolute atomic E-state index is 13.3. The summed E-state index contributed by atoms with van der Waals surface area (Å²) in [5.74, 6) is 0.185. The van der Waals surface area contributed by atoms with E-state index in [1.807, 2.05) is 0 Å². The zero-order chi connectivity index (χ0) is 10.1. The van der Waals surface area contributed by atoms with Crippen molar-refractivity contribution in [2.24, 2.45) is 0 Å². The summed E-state index contributed by atoms with van der Waals surface area (Å²) in [4.78, 5) is 0. The number of halogens is 2. The van der Waals surface area contributed by atoms with Crippen molar-refractivity contribution in [3.8, 4) is 11.3 Å². The Morgan fingerprint density at radius 2 is 2.14 bits per heavy atom. The average molecular weight is 257 g/mol. The first-order valence-corrected chi connectivity index (χ1v) is 4.64. The smallest absolute Gasteiger partial charge is 0.172 e. The summed E-state index contributed by atoms with van der Waals surface area (Å²) in [6.07, 6.45) is 0. The minimum Gasteiger partial charge on any atom is -0.381 e. The monoisotopic (exact) mass is 256 g/mol. The molecule has 0 saturated heterocycles. The molecule has 0 aliphatic carbocycles. The molecule has 0 amide bonds. The van der Waals surface area contributed by atoms with Gasteiger partial charge in [0.05, 0.1) is 5.56 Å². The van der Waals surface area contributed by atoms with Crippen molar-refractivity contribution >= 4 is 21.7 Å². The Labute approximate surface area is 87.8 Å². The van der Waals surface area contributed by atoms with E-state index in [0.717, 1.165) is 4.47 Å². The van der Waals surface area contributed by atoms with Crippen LogP contribution in [0.4, 0.5) is 10.2 Å². The first-order valence-electron chi connectivity index (χ1n) is 3.84. The molecule has 0 aliphatic heterocycles. The van der Waals surface area contributed by atoms with Crippen molar-refractivity contribution in [3.05, 3.63) is 34.6 Å². The fourth-order valence-corrected chi connectivity index (χ4v) is 1.46. The van der Waals surface area contributed by atoms with Gasteiger partial charge in [0, 0.05) is 10.5 Å². The highest BCUT2D eigenvalue weighted by molar-refractivity contribution is 9.10. The van der Waals surface area contributed by atoms with Crippen molar-refractivity contribution < 1.29 is 8.91 Å². The van der Waals surface area contributed by atoms with Crippen LogP contribution in [0, 0.1) is 5.82 Å². The lowest BCUT2D eigenvalue weighted by atomic mass is 10.1. The average Bonchev–Trinajstić information content (AvgIpc) is 2.56. The van der Waals surface area contributed by atoms with Crippen molar-refractivity contribution in [2.75, 3.05) is 5.73 Å². The number of aromatic nitrogens is 1. The minimum absolute atomic E-state index is 0.236. The third-order valence-corrected chi connectivity index (χ3v) is 2.22. The van der Waals surface area contributed by atoms with E-state index in [9.17, 15) is 4.39 Å². The summed E-state index contributed by atoms with van der Waals surface area (Å²) >= 11 is 3.24. The van der Waals surface area contributed by atoms with Crippen molar-refractivity contribution in [2.45, 2.75) is 0 Å². The second-order valence-corrected chi connectivity index (χ2v) is 3.66. The fourth-order valence-electron chi connectivity index (χ4n) is 1.10. The van der Waals surface area contributed by atoms with Gasteiger partial charge in [-0.05, 0) is 18.2 Å². The summed E-state index contributed by atoms with van der Waals surface area (Å²) < 4.78 is 18.9. The molecule has 2 aromatic rings. The Bertz CT molecular complexity index is 470. The second-order valence-electron chi connectivity index (χ2n) is 2.74. The Balaban J connectivity index is 2.55. The standard InChI is InChI=1S/C9H6BrFN2O/c10-5-1-2-7(11)6(3-5)8-4-9(12)13-14-8/h1-4H,(H2,12,13). The van der Waals surface area contributed by atoms with Crippen LogP contribution in [0.25, 0.3) is 11.3 Å². The molecular weight excluding hydrogens is 251 g/mol. The van der Waals surface area contributed by atoms with Crippen LogP contribution in [-0.4, -0.2) is 5.16 Å². The number of nitrogens with two attached hydrogens (primary N) is 1. The van der Waals surface area contributed by atoms with Gasteiger partial charge >= 0.3 is 0 Å². The van der Waals surface area contributed by atoms with E-state index >= 15 is 0 Å². The van der Waals surface area contributed by atoms with Gasteiger partial charge in [-0.3, -0.25) is 0 Å². The molecule has 3 nitrogen and oxygen atoms in total. The highest BCUT2D eigenvalue weighted by Gasteiger charge is 2.10. The third-order valence-electron chi connectivity index (χ3n) is 1.72. The molecule has 1 heterocycles. The zero-order valence-corrected chi connectivity index (χ0v) is 8.58. The van der Waals surface area contributed by atoms with Gasteiger partial charge in [-0.25, -0.2) is 4.39 Å². The van der Waals surface area contributed by atoms with E-state index in [1.165, 1.54) is 12.1 Å². The quantitative estimate of drug-likeness (QED) is 0.854. The first kappa shape index (κ1) is 9.21. The van der Waals surface area contributed by atoms with Crippen LogP contribution in [0.3, 0.4) is 0 Å². The molecule has 2 N–H and O–H groups in total. The number of anilines is 1. The number of hydrogen-bond donors (Lipinski definition) is 1. The summed E-state index contributed by atoms with van der Waals surface area (Å²) in [7, 11) is 0. The Morgan fingerprint density at radius 1 is 1.36 bits per heavy atom. The maximum atomic E-state index is 13.3. The summed E-state index contributed by atoms with van der Waals surface area (Å²) in [6, 6.07) is 6.04. The Hall–Kier alpha value is -1.36. The van der Waals surface area contributed by atoms with Crippen LogP contribution >= 0.6 is 15.9 Å². The van der Waals surface area contributed by atoms with E-state index < -0.39 is 0 Å². The van der Waals surface area contributed by atoms with Crippen molar-refractivity contribution in [3.63, 3.8) is 0 Å². The number of rotatable bonds is 1. The molecule has 1 aromatic heterocycles. The van der Waals surface area contributed by atoms with E-state index in [4.69, 9.17) is 10.3 Å². The highest BCUT2D eigenvalue weighted by atomic mass is 79.9. The molecule has 0 aliphatic rings. The van der Waals surface area contributed by atoms with Gasteiger partial charge < -0.3 is 10.3 Å². The third kappa shape index (κ3) is 1.63. The highest BCUT2D eigenvalue weighted by Crippen LogP contribution is 2.27.